The van der Waals surface area contributed by atoms with E-state index < -0.39 is 0 Å². The zero-order chi connectivity index (χ0) is 16.0. The van der Waals surface area contributed by atoms with Gasteiger partial charge in [-0.2, -0.15) is 0 Å². The summed E-state index contributed by atoms with van der Waals surface area (Å²) in [7, 11) is 0. The molecule has 0 amide bonds. The van der Waals surface area contributed by atoms with Crippen LogP contribution in [0.3, 0.4) is 0 Å². The van der Waals surface area contributed by atoms with Gasteiger partial charge >= 0.3 is 5.97 Å². The Balaban J connectivity index is 1.61. The smallest absolute Gasteiger partial charge is 0.302 e. The van der Waals surface area contributed by atoms with Crippen molar-refractivity contribution in [3.8, 4) is 5.75 Å². The van der Waals surface area contributed by atoms with E-state index >= 15 is 0 Å². The molecule has 7 heteroatoms. The summed E-state index contributed by atoms with van der Waals surface area (Å²) in [6, 6.07) is 3.92. The summed E-state index contributed by atoms with van der Waals surface area (Å²) in [4.78, 5) is 16.0. The molecule has 0 spiro atoms. The van der Waals surface area contributed by atoms with Gasteiger partial charge in [0.2, 0.25) is 0 Å². The van der Waals surface area contributed by atoms with Crippen molar-refractivity contribution in [2.45, 2.75) is 44.4 Å². The SMILES string of the molecule is CC(=O)O[C@H]1CC[C@H](N)[C@@H]1Nc1nc2c3c(ccc2s1)OCC3. The van der Waals surface area contributed by atoms with Gasteiger partial charge in [0, 0.05) is 24.9 Å². The van der Waals surface area contributed by atoms with Crippen LogP contribution in [0.5, 0.6) is 5.75 Å². The average Bonchev–Trinajstić information content (AvgIpc) is 3.19. The fourth-order valence-electron chi connectivity index (χ4n) is 3.41. The molecule has 2 aromatic rings. The standard InChI is InChI=1S/C16H19N3O3S/c1-8(20)22-12-3-2-10(17)15(12)19-16-18-14-9-6-7-21-11(9)4-5-13(14)23-16/h4-5,10,12,15H,2-3,6-7,17H2,1H3,(H,18,19)/t10-,12-,15-/m0/s1. The Hall–Kier alpha value is -1.86. The number of nitrogens with zero attached hydrogens (tertiary/aromatic N) is 1. The van der Waals surface area contributed by atoms with Gasteiger partial charge < -0.3 is 20.5 Å². The van der Waals surface area contributed by atoms with E-state index in [2.05, 4.69) is 5.32 Å². The van der Waals surface area contributed by atoms with Crippen molar-refractivity contribution < 1.29 is 14.3 Å². The molecule has 0 bridgehead atoms. The first-order chi connectivity index (χ1) is 11.1. The number of thiazole rings is 1. The highest BCUT2D eigenvalue weighted by Crippen LogP contribution is 2.37. The first-order valence-electron chi connectivity index (χ1n) is 7.86. The van der Waals surface area contributed by atoms with Gasteiger partial charge in [0.15, 0.2) is 5.13 Å². The van der Waals surface area contributed by atoms with E-state index in [1.54, 1.807) is 11.3 Å². The van der Waals surface area contributed by atoms with Crippen molar-refractivity contribution in [3.05, 3.63) is 17.7 Å². The molecule has 3 atom stereocenters. The zero-order valence-corrected chi connectivity index (χ0v) is 13.7. The number of carbonyl (C=O) groups is 1. The van der Waals surface area contributed by atoms with Crippen LogP contribution in [0.1, 0.15) is 25.3 Å². The summed E-state index contributed by atoms with van der Waals surface area (Å²) in [5.74, 6) is 0.667. The Bertz CT molecular complexity index is 760. The second-order valence-electron chi connectivity index (χ2n) is 6.07. The van der Waals surface area contributed by atoms with Crippen LogP contribution in [0, 0.1) is 0 Å². The van der Waals surface area contributed by atoms with E-state index in [0.29, 0.717) is 0 Å². The number of nitrogens with two attached hydrogens (primary N) is 1. The Kier molecular flexibility index (Phi) is 3.61. The molecule has 2 heterocycles. The van der Waals surface area contributed by atoms with Gasteiger partial charge in [0.1, 0.15) is 11.9 Å². The molecule has 1 aromatic carbocycles. The molecule has 1 fully saturated rings. The van der Waals surface area contributed by atoms with Crippen molar-refractivity contribution in [3.63, 3.8) is 0 Å². The van der Waals surface area contributed by atoms with Crippen LogP contribution in [0.4, 0.5) is 5.13 Å². The van der Waals surface area contributed by atoms with E-state index in [1.165, 1.54) is 12.5 Å². The lowest BCUT2D eigenvalue weighted by Gasteiger charge is -2.23. The normalized spacial score (nSPS) is 26.1. The van der Waals surface area contributed by atoms with Crippen LogP contribution in [0.2, 0.25) is 0 Å². The minimum Gasteiger partial charge on any atom is -0.493 e. The van der Waals surface area contributed by atoms with Gasteiger partial charge in [0.25, 0.3) is 0 Å². The van der Waals surface area contributed by atoms with Crippen LogP contribution in [-0.4, -0.2) is 35.7 Å². The molecule has 6 nitrogen and oxygen atoms in total. The number of anilines is 1. The predicted molar refractivity (Wildman–Crippen MR) is 89.0 cm³/mol. The maximum Gasteiger partial charge on any atom is 0.302 e. The monoisotopic (exact) mass is 333 g/mol. The summed E-state index contributed by atoms with van der Waals surface area (Å²) in [6.45, 7) is 2.15. The molecule has 1 aliphatic carbocycles. The molecule has 4 rings (SSSR count). The number of aromatic nitrogens is 1. The predicted octanol–water partition coefficient (Wildman–Crippen LogP) is 2.06. The van der Waals surface area contributed by atoms with Crippen LogP contribution >= 0.6 is 11.3 Å². The van der Waals surface area contributed by atoms with E-state index in [1.807, 2.05) is 12.1 Å². The van der Waals surface area contributed by atoms with E-state index in [4.69, 9.17) is 20.2 Å². The van der Waals surface area contributed by atoms with Gasteiger partial charge in [-0.3, -0.25) is 4.79 Å². The van der Waals surface area contributed by atoms with Crippen molar-refractivity contribution in [2.24, 2.45) is 5.73 Å². The zero-order valence-electron chi connectivity index (χ0n) is 12.9. The van der Waals surface area contributed by atoms with Crippen LogP contribution in [0.15, 0.2) is 12.1 Å². The summed E-state index contributed by atoms with van der Waals surface area (Å²) >= 11 is 1.60. The Morgan fingerprint density at radius 3 is 3.17 bits per heavy atom. The Morgan fingerprint density at radius 1 is 1.48 bits per heavy atom. The topological polar surface area (TPSA) is 86.5 Å². The number of hydrogen-bond donors (Lipinski definition) is 2. The fraction of sp³-hybridized carbons (Fsp3) is 0.500. The number of nitrogens with one attached hydrogen (secondary N) is 1. The molecule has 0 unspecified atom stereocenters. The Morgan fingerprint density at radius 2 is 2.35 bits per heavy atom. The fourth-order valence-corrected chi connectivity index (χ4v) is 4.35. The third kappa shape index (κ3) is 2.64. The second kappa shape index (κ2) is 5.65. The molecule has 122 valence electrons. The van der Waals surface area contributed by atoms with Crippen LogP contribution in [-0.2, 0) is 16.0 Å². The van der Waals surface area contributed by atoms with Crippen molar-refractivity contribution in [1.82, 2.24) is 4.98 Å². The minimum absolute atomic E-state index is 0.0413. The molecule has 0 saturated heterocycles. The number of fused-ring (bicyclic) bond motifs is 3. The van der Waals surface area contributed by atoms with Crippen molar-refractivity contribution >= 4 is 32.7 Å². The number of hydrogen-bond acceptors (Lipinski definition) is 7. The number of esters is 1. The van der Waals surface area contributed by atoms with Gasteiger partial charge in [-0.15, -0.1) is 0 Å². The van der Waals surface area contributed by atoms with Crippen LogP contribution in [0.25, 0.3) is 10.2 Å². The third-order valence-electron chi connectivity index (χ3n) is 4.49. The second-order valence-corrected chi connectivity index (χ2v) is 7.10. The van der Waals surface area contributed by atoms with Crippen LogP contribution < -0.4 is 15.8 Å². The quantitative estimate of drug-likeness (QED) is 0.836. The largest absolute Gasteiger partial charge is 0.493 e. The molecule has 2 aliphatic rings. The summed E-state index contributed by atoms with van der Waals surface area (Å²) in [6.07, 6.45) is 2.33. The number of benzene rings is 1. The van der Waals surface area contributed by atoms with Gasteiger partial charge in [-0.05, 0) is 25.0 Å². The highest BCUT2D eigenvalue weighted by molar-refractivity contribution is 7.22. The maximum absolute atomic E-state index is 11.3. The highest BCUT2D eigenvalue weighted by Gasteiger charge is 2.36. The lowest BCUT2D eigenvalue weighted by Crippen LogP contribution is -2.43. The molecule has 0 radical (unpaired) electrons. The molecular weight excluding hydrogens is 314 g/mol. The van der Waals surface area contributed by atoms with Crippen molar-refractivity contribution in [1.29, 1.82) is 0 Å². The number of carbonyl (C=O) groups excluding carboxylic acids is 1. The van der Waals surface area contributed by atoms with Gasteiger partial charge in [0.05, 0.1) is 22.9 Å². The first-order valence-corrected chi connectivity index (χ1v) is 8.68. The molecule has 3 N–H and O–H groups in total. The lowest BCUT2D eigenvalue weighted by molar-refractivity contribution is -0.146. The summed E-state index contributed by atoms with van der Waals surface area (Å²) < 4.78 is 12.1. The molecule has 1 aliphatic heterocycles. The third-order valence-corrected chi connectivity index (χ3v) is 5.44. The summed E-state index contributed by atoms with van der Waals surface area (Å²) in [5, 5.41) is 4.21. The van der Waals surface area contributed by atoms with E-state index in [9.17, 15) is 4.79 Å². The van der Waals surface area contributed by atoms with Crippen molar-refractivity contribution in [2.75, 3.05) is 11.9 Å². The molecular formula is C16H19N3O3S. The minimum atomic E-state index is -0.268. The van der Waals surface area contributed by atoms with E-state index in [-0.39, 0.29) is 24.2 Å². The molecule has 1 saturated carbocycles. The molecule has 23 heavy (non-hydrogen) atoms. The average molecular weight is 333 g/mol. The number of rotatable bonds is 3. The van der Waals surface area contributed by atoms with Gasteiger partial charge in [-0.25, -0.2) is 4.98 Å². The first kappa shape index (κ1) is 14.7. The maximum atomic E-state index is 11.3. The number of ether oxygens (including phenoxy) is 2. The Labute approximate surface area is 138 Å². The van der Waals surface area contributed by atoms with E-state index in [0.717, 1.165) is 47.0 Å². The summed E-state index contributed by atoms with van der Waals surface area (Å²) in [5.41, 5.74) is 8.36. The van der Waals surface area contributed by atoms with Gasteiger partial charge in [-0.1, -0.05) is 11.3 Å². The lowest BCUT2D eigenvalue weighted by atomic mass is 10.1. The molecule has 1 aromatic heterocycles. The highest BCUT2D eigenvalue weighted by atomic mass is 32.1.